The number of rotatable bonds is 4. The maximum Gasteiger partial charge on any atom is 0.216 e. The Labute approximate surface area is 99.0 Å². The molecule has 1 rings (SSSR count). The van der Waals surface area contributed by atoms with Gasteiger partial charge in [-0.1, -0.05) is 26.8 Å². The van der Waals surface area contributed by atoms with Crippen LogP contribution in [0.5, 0.6) is 5.88 Å². The largest absolute Gasteiger partial charge is 0.474 e. The van der Waals surface area contributed by atoms with E-state index >= 15 is 0 Å². The molecule has 0 aliphatic rings. The Morgan fingerprint density at radius 2 is 1.69 bits per heavy atom. The van der Waals surface area contributed by atoms with Crippen LogP contribution in [0.25, 0.3) is 0 Å². The van der Waals surface area contributed by atoms with Crippen molar-refractivity contribution in [1.82, 2.24) is 4.98 Å². The fourth-order valence-electron chi connectivity index (χ4n) is 1.55. The van der Waals surface area contributed by atoms with Crippen molar-refractivity contribution in [2.75, 3.05) is 0 Å². The van der Waals surface area contributed by atoms with Crippen molar-refractivity contribution in [3.8, 4) is 5.88 Å². The molecule has 2 nitrogen and oxygen atoms in total. The van der Waals surface area contributed by atoms with Crippen LogP contribution in [0.15, 0.2) is 12.1 Å². The molecule has 0 unspecified atom stereocenters. The molecule has 2 heteroatoms. The fourth-order valence-corrected chi connectivity index (χ4v) is 1.55. The van der Waals surface area contributed by atoms with Gasteiger partial charge in [-0.25, -0.2) is 4.98 Å². The Kier molecular flexibility index (Phi) is 4.34. The number of nitrogens with zero attached hydrogens (tertiary/aromatic N) is 1. The summed E-state index contributed by atoms with van der Waals surface area (Å²) < 4.78 is 5.94. The molecule has 0 amide bonds. The van der Waals surface area contributed by atoms with E-state index in [2.05, 4.69) is 38.7 Å². The highest BCUT2D eigenvalue weighted by molar-refractivity contribution is 5.26. The number of pyridine rings is 1. The van der Waals surface area contributed by atoms with Crippen LogP contribution >= 0.6 is 0 Å². The first-order valence-corrected chi connectivity index (χ1v) is 6.02. The third-order valence-electron chi connectivity index (χ3n) is 3.28. The van der Waals surface area contributed by atoms with Crippen LogP contribution in [0, 0.1) is 25.7 Å². The van der Waals surface area contributed by atoms with E-state index < -0.39 is 0 Å². The number of aryl methyl sites for hydroxylation is 2. The second-order valence-electron chi connectivity index (χ2n) is 5.00. The van der Waals surface area contributed by atoms with Gasteiger partial charge in [0.2, 0.25) is 5.88 Å². The van der Waals surface area contributed by atoms with Crippen LogP contribution in [0.4, 0.5) is 0 Å². The molecular formula is C14H23NO. The molecule has 0 saturated carbocycles. The van der Waals surface area contributed by atoms with Gasteiger partial charge < -0.3 is 4.74 Å². The number of hydrogen-bond donors (Lipinski definition) is 0. The van der Waals surface area contributed by atoms with Gasteiger partial charge >= 0.3 is 0 Å². The molecule has 0 fully saturated rings. The summed E-state index contributed by atoms with van der Waals surface area (Å²) in [5.74, 6) is 1.93. The van der Waals surface area contributed by atoms with E-state index in [0.29, 0.717) is 11.8 Å². The Morgan fingerprint density at radius 3 is 2.25 bits per heavy atom. The van der Waals surface area contributed by atoms with Crippen LogP contribution in [0.1, 0.15) is 39.0 Å². The first-order chi connectivity index (χ1) is 7.41. The van der Waals surface area contributed by atoms with Gasteiger partial charge in [0.25, 0.3) is 0 Å². The molecule has 0 N–H and O–H groups in total. The van der Waals surface area contributed by atoms with Gasteiger partial charge in [-0.3, -0.25) is 0 Å². The molecular weight excluding hydrogens is 198 g/mol. The molecule has 2 atom stereocenters. The van der Waals surface area contributed by atoms with Crippen LogP contribution in [0.3, 0.4) is 0 Å². The van der Waals surface area contributed by atoms with E-state index in [4.69, 9.17) is 4.74 Å². The quantitative estimate of drug-likeness (QED) is 0.772. The van der Waals surface area contributed by atoms with Gasteiger partial charge in [0, 0.05) is 11.3 Å². The smallest absolute Gasteiger partial charge is 0.216 e. The molecule has 0 aromatic carbocycles. The minimum absolute atomic E-state index is 0.202. The normalized spacial score (nSPS) is 14.9. The fraction of sp³-hybridized carbons (Fsp3) is 0.643. The highest BCUT2D eigenvalue weighted by Gasteiger charge is 2.18. The van der Waals surface area contributed by atoms with E-state index in [9.17, 15) is 0 Å². The molecule has 0 radical (unpaired) electrons. The maximum atomic E-state index is 5.94. The highest BCUT2D eigenvalue weighted by Crippen LogP contribution is 2.22. The van der Waals surface area contributed by atoms with Gasteiger partial charge in [0.1, 0.15) is 6.10 Å². The van der Waals surface area contributed by atoms with Crippen molar-refractivity contribution in [3.63, 3.8) is 0 Å². The lowest BCUT2D eigenvalue weighted by Gasteiger charge is -2.24. The first-order valence-electron chi connectivity index (χ1n) is 6.02. The third-order valence-corrected chi connectivity index (χ3v) is 3.28. The van der Waals surface area contributed by atoms with Crippen molar-refractivity contribution in [1.29, 1.82) is 0 Å². The molecule has 0 bridgehead atoms. The number of ether oxygens (including phenoxy) is 1. The summed E-state index contributed by atoms with van der Waals surface area (Å²) in [5.41, 5.74) is 2.11. The van der Waals surface area contributed by atoms with E-state index in [1.54, 1.807) is 0 Å². The first kappa shape index (κ1) is 13.0. The molecule has 0 aliphatic heterocycles. The topological polar surface area (TPSA) is 22.1 Å². The minimum Gasteiger partial charge on any atom is -0.474 e. The van der Waals surface area contributed by atoms with Crippen LogP contribution in [-0.4, -0.2) is 11.1 Å². The van der Waals surface area contributed by atoms with Crippen molar-refractivity contribution in [2.45, 2.75) is 47.6 Å². The standard InChI is InChI=1S/C14H23NO/c1-9(2)12(5)13(6)16-14-10(3)7-8-11(4)15-14/h7-9,12-13H,1-6H3/t12-,13-/m0/s1. The van der Waals surface area contributed by atoms with E-state index in [0.717, 1.165) is 17.1 Å². The van der Waals surface area contributed by atoms with Crippen LogP contribution < -0.4 is 4.74 Å². The predicted octanol–water partition coefficient (Wildman–Crippen LogP) is 3.76. The Bertz CT molecular complexity index is 347. The summed E-state index contributed by atoms with van der Waals surface area (Å²) in [4.78, 5) is 4.43. The molecule has 0 aliphatic carbocycles. The summed E-state index contributed by atoms with van der Waals surface area (Å²) in [6.07, 6.45) is 0.202. The van der Waals surface area contributed by atoms with Crippen molar-refractivity contribution in [3.05, 3.63) is 23.4 Å². The van der Waals surface area contributed by atoms with Gasteiger partial charge in [-0.15, -0.1) is 0 Å². The Morgan fingerprint density at radius 1 is 1.06 bits per heavy atom. The number of aromatic nitrogens is 1. The van der Waals surface area contributed by atoms with Gasteiger partial charge in [0.15, 0.2) is 0 Å². The molecule has 1 heterocycles. The van der Waals surface area contributed by atoms with Crippen molar-refractivity contribution < 1.29 is 4.74 Å². The van der Waals surface area contributed by atoms with E-state index in [1.807, 2.05) is 19.9 Å². The summed E-state index contributed by atoms with van der Waals surface area (Å²) in [5, 5.41) is 0. The third kappa shape index (κ3) is 3.22. The summed E-state index contributed by atoms with van der Waals surface area (Å²) in [6.45, 7) is 12.8. The predicted molar refractivity (Wildman–Crippen MR) is 67.8 cm³/mol. The average Bonchev–Trinajstić information content (AvgIpc) is 2.22. The lowest BCUT2D eigenvalue weighted by atomic mass is 9.93. The molecule has 1 aromatic heterocycles. The van der Waals surface area contributed by atoms with Crippen LogP contribution in [0.2, 0.25) is 0 Å². The molecule has 16 heavy (non-hydrogen) atoms. The molecule has 90 valence electrons. The molecule has 0 spiro atoms. The summed E-state index contributed by atoms with van der Waals surface area (Å²) in [6, 6.07) is 4.07. The summed E-state index contributed by atoms with van der Waals surface area (Å²) >= 11 is 0. The minimum atomic E-state index is 0.202. The zero-order chi connectivity index (χ0) is 12.3. The lowest BCUT2D eigenvalue weighted by Crippen LogP contribution is -2.26. The van der Waals surface area contributed by atoms with Gasteiger partial charge in [0.05, 0.1) is 0 Å². The van der Waals surface area contributed by atoms with E-state index in [-0.39, 0.29) is 6.10 Å². The van der Waals surface area contributed by atoms with Crippen molar-refractivity contribution >= 4 is 0 Å². The Hall–Kier alpha value is -1.05. The lowest BCUT2D eigenvalue weighted by molar-refractivity contribution is 0.126. The summed E-state index contributed by atoms with van der Waals surface area (Å²) in [7, 11) is 0. The number of hydrogen-bond acceptors (Lipinski definition) is 2. The zero-order valence-corrected chi connectivity index (χ0v) is 11.2. The van der Waals surface area contributed by atoms with Crippen LogP contribution in [-0.2, 0) is 0 Å². The average molecular weight is 221 g/mol. The second kappa shape index (κ2) is 5.33. The van der Waals surface area contributed by atoms with E-state index in [1.165, 1.54) is 0 Å². The van der Waals surface area contributed by atoms with Crippen molar-refractivity contribution in [2.24, 2.45) is 11.8 Å². The highest BCUT2D eigenvalue weighted by atomic mass is 16.5. The maximum absolute atomic E-state index is 5.94. The monoisotopic (exact) mass is 221 g/mol. The molecule has 0 saturated heterocycles. The zero-order valence-electron chi connectivity index (χ0n) is 11.2. The SMILES string of the molecule is Cc1ccc(C)c(O[C@@H](C)[C@@H](C)C(C)C)n1. The molecule has 1 aromatic rings. The van der Waals surface area contributed by atoms with Gasteiger partial charge in [-0.05, 0) is 38.7 Å². The van der Waals surface area contributed by atoms with Gasteiger partial charge in [-0.2, -0.15) is 0 Å². The second-order valence-corrected chi connectivity index (χ2v) is 5.00. The Balaban J connectivity index is 2.76.